The number of benzene rings is 1. The summed E-state index contributed by atoms with van der Waals surface area (Å²) in [6.45, 7) is 11.8. The summed E-state index contributed by atoms with van der Waals surface area (Å²) in [5.41, 5.74) is 0.523. The Morgan fingerprint density at radius 2 is 0.706 bits per heavy atom. The molecule has 0 unspecified atom stereocenters. The molecule has 0 saturated carbocycles. The number of hydrogen-bond acceptors (Lipinski definition) is 14. The Morgan fingerprint density at radius 1 is 0.392 bits per heavy atom. The van der Waals surface area contributed by atoms with Crippen LogP contribution in [0.1, 0.15) is 55.8 Å². The molecule has 1 rings (SSSR count). The summed E-state index contributed by atoms with van der Waals surface area (Å²) in [6.07, 6.45) is 6.05. The number of hydrogen-bond donors (Lipinski definition) is 0. The van der Waals surface area contributed by atoms with Crippen LogP contribution in [0.3, 0.4) is 0 Å². The third-order valence-electron chi connectivity index (χ3n) is 6.79. The highest BCUT2D eigenvalue weighted by Gasteiger charge is 2.05. The van der Waals surface area contributed by atoms with E-state index in [-0.39, 0.29) is 25.2 Å². The van der Waals surface area contributed by atoms with Gasteiger partial charge in [-0.1, -0.05) is 50.8 Å². The highest BCUT2D eigenvalue weighted by atomic mass is 16.6. The molecule has 14 heteroatoms. The number of carbonyl (C=O) groups excluding carboxylic acids is 2. The van der Waals surface area contributed by atoms with E-state index >= 15 is 0 Å². The van der Waals surface area contributed by atoms with Gasteiger partial charge in [0.05, 0.1) is 138 Å². The van der Waals surface area contributed by atoms with Gasteiger partial charge in [-0.15, -0.1) is 0 Å². The molecule has 14 nitrogen and oxygen atoms in total. The van der Waals surface area contributed by atoms with Gasteiger partial charge in [-0.25, -0.2) is 4.79 Å². The van der Waals surface area contributed by atoms with Crippen molar-refractivity contribution < 1.29 is 66.4 Å². The minimum Gasteiger partial charge on any atom is -0.463 e. The molecule has 0 amide bonds. The summed E-state index contributed by atoms with van der Waals surface area (Å²) in [5.74, 6) is -0.510. The molecule has 0 aliphatic heterocycles. The average Bonchev–Trinajstić information content (AvgIpc) is 3.15. The number of ether oxygens (including phenoxy) is 12. The first kappa shape index (κ1) is 46.8. The number of carbonyl (C=O) groups is 2. The summed E-state index contributed by atoms with van der Waals surface area (Å²) < 4.78 is 64.8. The number of rotatable bonds is 40. The molecule has 0 aliphatic rings. The van der Waals surface area contributed by atoms with Gasteiger partial charge < -0.3 is 56.8 Å². The zero-order valence-electron chi connectivity index (χ0n) is 30.9. The topological polar surface area (TPSA) is 145 Å². The van der Waals surface area contributed by atoms with Crippen LogP contribution in [0.15, 0.2) is 30.3 Å². The van der Waals surface area contributed by atoms with Crippen LogP contribution in [0.25, 0.3) is 0 Å². The van der Waals surface area contributed by atoms with Crippen molar-refractivity contribution in [1.29, 1.82) is 0 Å². The number of unbranched alkanes of at least 4 members (excludes halogenated alkanes) is 4. The Labute approximate surface area is 304 Å². The van der Waals surface area contributed by atoms with Crippen LogP contribution in [-0.4, -0.2) is 157 Å². The quantitative estimate of drug-likeness (QED) is 0.0710. The summed E-state index contributed by atoms with van der Waals surface area (Å²) >= 11 is 0. The third kappa shape index (κ3) is 34.6. The maximum absolute atomic E-state index is 11.8. The molecule has 0 aromatic heterocycles. The molecule has 0 bridgehead atoms. The van der Waals surface area contributed by atoms with Gasteiger partial charge >= 0.3 is 11.9 Å². The lowest BCUT2D eigenvalue weighted by molar-refractivity contribution is -0.145. The van der Waals surface area contributed by atoms with Crippen molar-refractivity contribution in [2.24, 2.45) is 0 Å². The molecular weight excluding hydrogens is 668 g/mol. The van der Waals surface area contributed by atoms with Crippen LogP contribution in [-0.2, 0) is 61.6 Å². The molecule has 1 aromatic carbocycles. The fourth-order valence-corrected chi connectivity index (χ4v) is 4.09. The third-order valence-corrected chi connectivity index (χ3v) is 6.79. The maximum Gasteiger partial charge on any atom is 0.338 e. The maximum atomic E-state index is 11.8. The lowest BCUT2D eigenvalue weighted by Gasteiger charge is -2.09. The van der Waals surface area contributed by atoms with Crippen molar-refractivity contribution in [3.05, 3.63) is 35.9 Å². The van der Waals surface area contributed by atoms with Crippen molar-refractivity contribution in [1.82, 2.24) is 0 Å². The Hall–Kier alpha value is -2.24. The van der Waals surface area contributed by atoms with E-state index in [0.29, 0.717) is 144 Å². The van der Waals surface area contributed by atoms with Crippen LogP contribution < -0.4 is 0 Å². The van der Waals surface area contributed by atoms with Crippen molar-refractivity contribution in [3.63, 3.8) is 0 Å². The second-order valence-electron chi connectivity index (χ2n) is 11.0. The van der Waals surface area contributed by atoms with E-state index in [4.69, 9.17) is 56.8 Å². The van der Waals surface area contributed by atoms with Crippen LogP contribution in [0.4, 0.5) is 0 Å². The smallest absolute Gasteiger partial charge is 0.338 e. The van der Waals surface area contributed by atoms with Crippen LogP contribution >= 0.6 is 0 Å². The molecule has 0 fully saturated rings. The fraction of sp³-hybridized carbons (Fsp3) is 0.784. The van der Waals surface area contributed by atoms with E-state index in [0.717, 1.165) is 12.8 Å². The first-order valence-electron chi connectivity index (χ1n) is 18.4. The molecule has 51 heavy (non-hydrogen) atoms. The predicted octanol–water partition coefficient (Wildman–Crippen LogP) is 3.91. The normalized spacial score (nSPS) is 11.2. The van der Waals surface area contributed by atoms with Crippen LogP contribution in [0.2, 0.25) is 0 Å². The molecule has 0 spiro atoms. The van der Waals surface area contributed by atoms with Gasteiger partial charge in [0, 0.05) is 6.42 Å². The van der Waals surface area contributed by atoms with Crippen molar-refractivity contribution >= 4 is 11.9 Å². The van der Waals surface area contributed by atoms with Crippen molar-refractivity contribution in [2.45, 2.75) is 45.4 Å². The molecule has 0 aliphatic carbocycles. The van der Waals surface area contributed by atoms with E-state index in [9.17, 15) is 9.59 Å². The van der Waals surface area contributed by atoms with Gasteiger partial charge in [0.15, 0.2) is 0 Å². The van der Waals surface area contributed by atoms with Gasteiger partial charge in [0.1, 0.15) is 13.2 Å². The molecule has 1 aromatic rings. The Kier molecular flexibility index (Phi) is 35.8. The second kappa shape index (κ2) is 39.0. The van der Waals surface area contributed by atoms with Crippen LogP contribution in [0, 0.1) is 0 Å². The van der Waals surface area contributed by atoms with Gasteiger partial charge in [-0.2, -0.15) is 0 Å². The molecular formula is C37H64O14. The van der Waals surface area contributed by atoms with Crippen molar-refractivity contribution in [2.75, 3.05) is 145 Å². The van der Waals surface area contributed by atoms with Gasteiger partial charge in [0.2, 0.25) is 0 Å². The zero-order valence-corrected chi connectivity index (χ0v) is 30.9. The lowest BCUT2D eigenvalue weighted by atomic mass is 10.1. The first-order chi connectivity index (χ1) is 25.2. The Morgan fingerprint density at radius 3 is 1.06 bits per heavy atom. The van der Waals surface area contributed by atoms with Crippen LogP contribution in [0.5, 0.6) is 0 Å². The average molecular weight is 733 g/mol. The molecule has 0 saturated heterocycles. The summed E-state index contributed by atoms with van der Waals surface area (Å²) in [4.78, 5) is 23.4. The van der Waals surface area contributed by atoms with E-state index in [1.165, 1.54) is 19.3 Å². The summed E-state index contributed by atoms with van der Waals surface area (Å²) in [7, 11) is 0. The highest BCUT2D eigenvalue weighted by Crippen LogP contribution is 2.05. The molecule has 0 heterocycles. The zero-order chi connectivity index (χ0) is 36.6. The monoisotopic (exact) mass is 732 g/mol. The van der Waals surface area contributed by atoms with E-state index < -0.39 is 0 Å². The Bertz CT molecular complexity index is 876. The Balaban J connectivity index is 1.64. The lowest BCUT2D eigenvalue weighted by Crippen LogP contribution is -2.16. The van der Waals surface area contributed by atoms with Crippen molar-refractivity contribution in [3.8, 4) is 0 Å². The van der Waals surface area contributed by atoms with E-state index in [2.05, 4.69) is 6.92 Å². The molecule has 0 radical (unpaired) electrons. The SMILES string of the molecule is CCCCCCCC(=O)OCCOCCOCCOCCOCCOCCOCCOCCOCCOCCOCCOC(=O)c1ccccc1. The summed E-state index contributed by atoms with van der Waals surface area (Å²) in [6, 6.07) is 8.84. The molecule has 296 valence electrons. The van der Waals surface area contributed by atoms with Gasteiger partial charge in [-0.3, -0.25) is 4.79 Å². The summed E-state index contributed by atoms with van der Waals surface area (Å²) in [5, 5.41) is 0. The fourth-order valence-electron chi connectivity index (χ4n) is 4.09. The first-order valence-corrected chi connectivity index (χ1v) is 18.4. The minimum atomic E-state index is -0.359. The predicted molar refractivity (Wildman–Crippen MR) is 189 cm³/mol. The highest BCUT2D eigenvalue weighted by molar-refractivity contribution is 5.89. The molecule has 0 N–H and O–H groups in total. The van der Waals surface area contributed by atoms with E-state index in [1.54, 1.807) is 24.3 Å². The standard InChI is InChI=1S/C37H64O14/c1-2-3-4-5-9-12-36(38)50-33-31-48-29-27-46-25-23-44-21-19-42-17-15-40-13-14-41-16-18-43-20-22-45-24-26-47-28-30-49-32-34-51-37(39)35-10-7-6-8-11-35/h6-8,10-11H,2-5,9,12-34H2,1H3. The number of esters is 2. The van der Waals surface area contributed by atoms with Gasteiger partial charge in [0.25, 0.3) is 0 Å². The molecule has 0 atom stereocenters. The minimum absolute atomic E-state index is 0.151. The van der Waals surface area contributed by atoms with Gasteiger partial charge in [-0.05, 0) is 18.6 Å². The largest absolute Gasteiger partial charge is 0.463 e. The second-order valence-corrected chi connectivity index (χ2v) is 11.0. The van der Waals surface area contributed by atoms with E-state index in [1.807, 2.05) is 6.07 Å².